The van der Waals surface area contributed by atoms with Gasteiger partial charge in [0.25, 0.3) is 0 Å². The molecular formula is C15H26N2O2. The van der Waals surface area contributed by atoms with Crippen LogP contribution in [-0.4, -0.2) is 38.0 Å². The summed E-state index contributed by atoms with van der Waals surface area (Å²) < 4.78 is 5.72. The Bertz CT molecular complexity index is 376. The van der Waals surface area contributed by atoms with Gasteiger partial charge < -0.3 is 20.5 Å². The second-order valence-electron chi connectivity index (χ2n) is 5.22. The Balaban J connectivity index is 2.39. The first-order valence-corrected chi connectivity index (χ1v) is 6.80. The van der Waals surface area contributed by atoms with Crippen molar-refractivity contribution in [2.75, 3.05) is 32.2 Å². The number of nitrogens with two attached hydrogens (primary N) is 1. The van der Waals surface area contributed by atoms with E-state index in [-0.39, 0.29) is 6.61 Å². The lowest BCUT2D eigenvalue weighted by Gasteiger charge is -2.25. The van der Waals surface area contributed by atoms with E-state index in [4.69, 9.17) is 10.5 Å². The molecule has 0 aromatic heterocycles. The van der Waals surface area contributed by atoms with Crippen molar-refractivity contribution in [1.29, 1.82) is 0 Å². The molecule has 3 N–H and O–H groups in total. The molecule has 0 spiro atoms. The normalized spacial score (nSPS) is 13.9. The number of aliphatic hydroxyl groups excluding tert-OH is 1. The predicted molar refractivity (Wildman–Crippen MR) is 79.8 cm³/mol. The summed E-state index contributed by atoms with van der Waals surface area (Å²) in [6.45, 7) is 2.65. The quantitative estimate of drug-likeness (QED) is 0.707. The smallest absolute Gasteiger partial charge is 0.121 e. The van der Waals surface area contributed by atoms with Crippen LogP contribution in [0.15, 0.2) is 24.3 Å². The molecule has 0 bridgehead atoms. The fourth-order valence-corrected chi connectivity index (χ4v) is 1.83. The number of nitrogens with zero attached hydrogens (tertiary/aromatic N) is 1. The second-order valence-corrected chi connectivity index (χ2v) is 5.22. The molecule has 4 heteroatoms. The topological polar surface area (TPSA) is 58.7 Å². The molecule has 0 saturated carbocycles. The van der Waals surface area contributed by atoms with E-state index in [9.17, 15) is 5.11 Å². The summed E-state index contributed by atoms with van der Waals surface area (Å²) in [7, 11) is 4.01. The summed E-state index contributed by atoms with van der Waals surface area (Å²) in [5.74, 6) is 0.870. The number of hydrogen-bond donors (Lipinski definition) is 2. The number of rotatable bonds is 8. The van der Waals surface area contributed by atoms with Gasteiger partial charge in [-0.1, -0.05) is 13.0 Å². The summed E-state index contributed by atoms with van der Waals surface area (Å²) in [6.07, 6.45) is 2.39. The minimum absolute atomic E-state index is 0.0274. The molecule has 0 heterocycles. The van der Waals surface area contributed by atoms with E-state index in [2.05, 4.69) is 0 Å². The molecule has 0 amide bonds. The average molecular weight is 266 g/mol. The summed E-state index contributed by atoms with van der Waals surface area (Å²) in [4.78, 5) is 2.04. The zero-order chi connectivity index (χ0) is 14.3. The van der Waals surface area contributed by atoms with Gasteiger partial charge in [-0.2, -0.15) is 0 Å². The SMILES string of the molecule is CCC(N)(CO)CCCOc1cccc(N(C)C)c1. The van der Waals surface area contributed by atoms with Gasteiger partial charge in [0, 0.05) is 31.4 Å². The van der Waals surface area contributed by atoms with Crippen LogP contribution in [-0.2, 0) is 0 Å². The molecule has 108 valence electrons. The van der Waals surface area contributed by atoms with Gasteiger partial charge in [-0.05, 0) is 31.4 Å². The minimum atomic E-state index is -0.463. The van der Waals surface area contributed by atoms with Crippen LogP contribution in [0.1, 0.15) is 26.2 Å². The minimum Gasteiger partial charge on any atom is -0.494 e. The molecule has 0 aliphatic carbocycles. The maximum Gasteiger partial charge on any atom is 0.121 e. The number of hydrogen-bond acceptors (Lipinski definition) is 4. The van der Waals surface area contributed by atoms with Gasteiger partial charge in [-0.25, -0.2) is 0 Å². The van der Waals surface area contributed by atoms with Crippen LogP contribution >= 0.6 is 0 Å². The Morgan fingerprint density at radius 3 is 2.68 bits per heavy atom. The zero-order valence-corrected chi connectivity index (χ0v) is 12.2. The van der Waals surface area contributed by atoms with Crippen LogP contribution in [0.5, 0.6) is 5.75 Å². The maximum absolute atomic E-state index is 9.23. The van der Waals surface area contributed by atoms with Crippen molar-refractivity contribution in [3.8, 4) is 5.75 Å². The molecule has 1 rings (SSSR count). The molecule has 0 saturated heterocycles. The molecule has 0 radical (unpaired) electrons. The van der Waals surface area contributed by atoms with Gasteiger partial charge in [0.2, 0.25) is 0 Å². The fraction of sp³-hybridized carbons (Fsp3) is 0.600. The third-order valence-corrected chi connectivity index (χ3v) is 3.44. The second kappa shape index (κ2) is 7.36. The zero-order valence-electron chi connectivity index (χ0n) is 12.2. The first-order valence-electron chi connectivity index (χ1n) is 6.80. The Morgan fingerprint density at radius 2 is 2.11 bits per heavy atom. The standard InChI is InChI=1S/C15H26N2O2/c1-4-15(16,12-18)9-6-10-19-14-8-5-7-13(11-14)17(2)3/h5,7-8,11,18H,4,6,9-10,12,16H2,1-3H3. The lowest BCUT2D eigenvalue weighted by atomic mass is 9.93. The third kappa shape index (κ3) is 5.09. The number of aliphatic hydroxyl groups is 1. The summed E-state index contributed by atoms with van der Waals surface area (Å²) in [5, 5.41) is 9.23. The number of benzene rings is 1. The van der Waals surface area contributed by atoms with Crippen molar-refractivity contribution in [3.63, 3.8) is 0 Å². The molecule has 0 aliphatic heterocycles. The first-order chi connectivity index (χ1) is 9.00. The van der Waals surface area contributed by atoms with Gasteiger partial charge in [0.15, 0.2) is 0 Å². The molecule has 19 heavy (non-hydrogen) atoms. The summed E-state index contributed by atoms with van der Waals surface area (Å²) >= 11 is 0. The molecule has 1 unspecified atom stereocenters. The number of anilines is 1. The van der Waals surface area contributed by atoms with Crippen molar-refractivity contribution in [3.05, 3.63) is 24.3 Å². The molecule has 1 aromatic rings. The van der Waals surface area contributed by atoms with Crippen LogP contribution in [0.4, 0.5) is 5.69 Å². The summed E-state index contributed by atoms with van der Waals surface area (Å²) in [5.41, 5.74) is 6.68. The maximum atomic E-state index is 9.23. The van der Waals surface area contributed by atoms with E-state index in [0.717, 1.165) is 30.7 Å². The molecule has 1 atom stereocenters. The highest BCUT2D eigenvalue weighted by Crippen LogP contribution is 2.20. The van der Waals surface area contributed by atoms with E-state index in [0.29, 0.717) is 6.61 Å². The highest BCUT2D eigenvalue weighted by molar-refractivity contribution is 5.49. The third-order valence-electron chi connectivity index (χ3n) is 3.44. The molecule has 0 fully saturated rings. The fourth-order valence-electron chi connectivity index (χ4n) is 1.83. The molecule has 0 aliphatic rings. The van der Waals surface area contributed by atoms with Gasteiger partial charge >= 0.3 is 0 Å². The lowest BCUT2D eigenvalue weighted by Crippen LogP contribution is -2.43. The van der Waals surface area contributed by atoms with Crippen LogP contribution in [0.2, 0.25) is 0 Å². The highest BCUT2D eigenvalue weighted by Gasteiger charge is 2.20. The Morgan fingerprint density at radius 1 is 1.37 bits per heavy atom. The number of ether oxygens (including phenoxy) is 1. The molecular weight excluding hydrogens is 240 g/mol. The van der Waals surface area contributed by atoms with E-state index in [1.165, 1.54) is 0 Å². The lowest BCUT2D eigenvalue weighted by molar-refractivity contribution is 0.171. The Hall–Kier alpha value is -1.26. The van der Waals surface area contributed by atoms with Gasteiger partial charge in [0.05, 0.1) is 13.2 Å². The van der Waals surface area contributed by atoms with Crippen LogP contribution in [0.25, 0.3) is 0 Å². The van der Waals surface area contributed by atoms with Gasteiger partial charge in [-0.15, -0.1) is 0 Å². The Labute approximate surface area is 116 Å². The molecule has 4 nitrogen and oxygen atoms in total. The van der Waals surface area contributed by atoms with Crippen LogP contribution < -0.4 is 15.4 Å². The van der Waals surface area contributed by atoms with Crippen molar-refractivity contribution in [2.24, 2.45) is 5.73 Å². The van der Waals surface area contributed by atoms with E-state index < -0.39 is 5.54 Å². The van der Waals surface area contributed by atoms with E-state index >= 15 is 0 Å². The monoisotopic (exact) mass is 266 g/mol. The summed E-state index contributed by atoms with van der Waals surface area (Å²) in [6, 6.07) is 7.99. The predicted octanol–water partition coefficient (Wildman–Crippen LogP) is 2.01. The largest absolute Gasteiger partial charge is 0.494 e. The van der Waals surface area contributed by atoms with Gasteiger partial charge in [-0.3, -0.25) is 0 Å². The highest BCUT2D eigenvalue weighted by atomic mass is 16.5. The van der Waals surface area contributed by atoms with Crippen LogP contribution in [0, 0.1) is 0 Å². The molecule has 1 aromatic carbocycles. The van der Waals surface area contributed by atoms with Crippen molar-refractivity contribution in [1.82, 2.24) is 0 Å². The van der Waals surface area contributed by atoms with Gasteiger partial charge in [0.1, 0.15) is 5.75 Å². The average Bonchev–Trinajstić information content (AvgIpc) is 2.43. The van der Waals surface area contributed by atoms with E-state index in [1.54, 1.807) is 0 Å². The first kappa shape index (κ1) is 15.8. The van der Waals surface area contributed by atoms with E-state index in [1.807, 2.05) is 50.2 Å². The van der Waals surface area contributed by atoms with Crippen LogP contribution in [0.3, 0.4) is 0 Å². The Kier molecular flexibility index (Phi) is 6.12. The van der Waals surface area contributed by atoms with Crippen molar-refractivity contribution >= 4 is 5.69 Å². The van der Waals surface area contributed by atoms with Crippen molar-refractivity contribution < 1.29 is 9.84 Å². The van der Waals surface area contributed by atoms with Crippen molar-refractivity contribution in [2.45, 2.75) is 31.7 Å².